The molecule has 4 heteroatoms. The molecule has 2 amide bonds. The van der Waals surface area contributed by atoms with Crippen LogP contribution in [-0.2, 0) is 0 Å². The van der Waals surface area contributed by atoms with E-state index >= 15 is 0 Å². The van der Waals surface area contributed by atoms with E-state index in [1.807, 2.05) is 13.0 Å². The molecule has 0 aromatic rings. The summed E-state index contributed by atoms with van der Waals surface area (Å²) in [6, 6.07) is -0.443. The zero-order valence-corrected chi connectivity index (χ0v) is 8.34. The van der Waals surface area contributed by atoms with Gasteiger partial charge in [-0.1, -0.05) is 18.2 Å². The molecule has 0 aliphatic heterocycles. The van der Waals surface area contributed by atoms with Crippen molar-refractivity contribution in [1.82, 2.24) is 5.32 Å². The lowest BCUT2D eigenvalue weighted by Gasteiger charge is -2.07. The molecule has 76 valence electrons. The highest BCUT2D eigenvalue weighted by atomic mass is 16.2. The monoisotopic (exact) mass is 185 g/mol. The predicted molar refractivity (Wildman–Crippen MR) is 56.2 cm³/mol. The van der Waals surface area contributed by atoms with E-state index in [1.54, 1.807) is 0 Å². The van der Waals surface area contributed by atoms with E-state index in [0.29, 0.717) is 6.04 Å². The normalized spacial score (nSPS) is 10.6. The first-order chi connectivity index (χ1) is 5.90. The predicted octanol–water partition coefficient (Wildman–Crippen LogP) is 0.750. The highest BCUT2D eigenvalue weighted by molar-refractivity contribution is 5.69. The molecule has 0 rings (SSSR count). The molecule has 5 N–H and O–H groups in total. The van der Waals surface area contributed by atoms with Crippen molar-refractivity contribution in [2.75, 3.05) is 6.54 Å². The number of nitrogens with one attached hydrogen (secondary N) is 1. The molecule has 0 fully saturated rings. The lowest BCUT2D eigenvalue weighted by Crippen LogP contribution is -2.24. The van der Waals surface area contributed by atoms with Crippen LogP contribution in [0.1, 0.15) is 13.8 Å². The zero-order valence-electron chi connectivity index (χ0n) is 8.34. The van der Waals surface area contributed by atoms with Crippen LogP contribution in [0.25, 0.3) is 0 Å². The molecule has 13 heavy (non-hydrogen) atoms. The van der Waals surface area contributed by atoms with E-state index in [4.69, 9.17) is 4.79 Å². The Kier molecular flexibility index (Phi) is 9.65. The number of carbonyl (C=O) groups is 1. The summed E-state index contributed by atoms with van der Waals surface area (Å²) in [5, 5.41) is 3.21. The first-order valence-corrected chi connectivity index (χ1v) is 3.95. The van der Waals surface area contributed by atoms with Crippen molar-refractivity contribution in [3.8, 4) is 0 Å². The number of carbonyl (C=O) groups excluding carboxylic acids is 1. The number of hydrogen-bond acceptors (Lipinski definition) is 2. The Morgan fingerprint density at radius 1 is 1.62 bits per heavy atom. The maximum atomic E-state index is 9.00. The SMILES string of the molecule is C=CC(C)NCC(=C)C.NC(N)=O. The number of nitrogens with two attached hydrogens (primary N) is 2. The van der Waals surface area contributed by atoms with Crippen LogP contribution in [0.5, 0.6) is 0 Å². The first kappa shape index (κ1) is 14.2. The highest BCUT2D eigenvalue weighted by Gasteiger charge is 1.91. The summed E-state index contributed by atoms with van der Waals surface area (Å²) in [6.07, 6.45) is 1.88. The average molecular weight is 185 g/mol. The number of urea groups is 1. The van der Waals surface area contributed by atoms with Gasteiger partial charge in [0.25, 0.3) is 0 Å². The Hall–Kier alpha value is -1.29. The third-order valence-corrected chi connectivity index (χ3v) is 1.08. The molecule has 0 aliphatic carbocycles. The van der Waals surface area contributed by atoms with Gasteiger partial charge >= 0.3 is 6.03 Å². The van der Waals surface area contributed by atoms with Crippen LogP contribution in [0.4, 0.5) is 4.79 Å². The van der Waals surface area contributed by atoms with Crippen molar-refractivity contribution in [2.24, 2.45) is 11.5 Å². The summed E-state index contributed by atoms with van der Waals surface area (Å²) in [7, 11) is 0. The smallest absolute Gasteiger partial charge is 0.309 e. The molecule has 0 radical (unpaired) electrons. The van der Waals surface area contributed by atoms with Gasteiger partial charge in [0, 0.05) is 12.6 Å². The van der Waals surface area contributed by atoms with Gasteiger partial charge < -0.3 is 16.8 Å². The Morgan fingerprint density at radius 2 is 2.00 bits per heavy atom. The lowest BCUT2D eigenvalue weighted by molar-refractivity contribution is 0.256. The van der Waals surface area contributed by atoms with E-state index in [0.717, 1.165) is 12.1 Å². The van der Waals surface area contributed by atoms with E-state index in [-0.39, 0.29) is 0 Å². The second-order valence-corrected chi connectivity index (χ2v) is 2.76. The molecular weight excluding hydrogens is 166 g/mol. The van der Waals surface area contributed by atoms with Crippen LogP contribution < -0.4 is 16.8 Å². The van der Waals surface area contributed by atoms with Crippen molar-refractivity contribution in [2.45, 2.75) is 19.9 Å². The maximum Gasteiger partial charge on any atom is 0.309 e. The van der Waals surface area contributed by atoms with Crippen molar-refractivity contribution in [3.05, 3.63) is 24.8 Å². The van der Waals surface area contributed by atoms with Crippen molar-refractivity contribution in [3.63, 3.8) is 0 Å². The van der Waals surface area contributed by atoms with Gasteiger partial charge in [-0.3, -0.25) is 0 Å². The van der Waals surface area contributed by atoms with E-state index < -0.39 is 6.03 Å². The third-order valence-electron chi connectivity index (χ3n) is 1.08. The number of primary amides is 2. The number of hydrogen-bond donors (Lipinski definition) is 3. The van der Waals surface area contributed by atoms with Gasteiger partial charge in [0.05, 0.1) is 0 Å². The Morgan fingerprint density at radius 3 is 2.23 bits per heavy atom. The molecular formula is C9H19N3O. The molecule has 0 heterocycles. The fourth-order valence-corrected chi connectivity index (χ4v) is 0.419. The fourth-order valence-electron chi connectivity index (χ4n) is 0.419. The minimum absolute atomic E-state index is 0.390. The minimum Gasteiger partial charge on any atom is -0.352 e. The lowest BCUT2D eigenvalue weighted by atomic mass is 10.3. The second-order valence-electron chi connectivity index (χ2n) is 2.76. The molecule has 4 nitrogen and oxygen atoms in total. The van der Waals surface area contributed by atoms with Gasteiger partial charge in [-0.15, -0.1) is 6.58 Å². The maximum absolute atomic E-state index is 9.00. The van der Waals surface area contributed by atoms with Crippen LogP contribution in [0.15, 0.2) is 24.8 Å². The second kappa shape index (κ2) is 8.80. The van der Waals surface area contributed by atoms with Crippen molar-refractivity contribution >= 4 is 6.03 Å². The van der Waals surface area contributed by atoms with Gasteiger partial charge in [-0.2, -0.15) is 0 Å². The topological polar surface area (TPSA) is 81.1 Å². The van der Waals surface area contributed by atoms with Gasteiger partial charge in [0.15, 0.2) is 0 Å². The summed E-state index contributed by atoms with van der Waals surface area (Å²) in [5.41, 5.74) is 9.66. The number of amides is 2. The molecule has 0 saturated heterocycles. The van der Waals surface area contributed by atoms with Gasteiger partial charge in [-0.05, 0) is 13.8 Å². The average Bonchev–Trinajstić information content (AvgIpc) is 1.99. The minimum atomic E-state index is -0.833. The Bertz CT molecular complexity index is 174. The van der Waals surface area contributed by atoms with Crippen LogP contribution in [0.2, 0.25) is 0 Å². The zero-order chi connectivity index (χ0) is 10.9. The Balaban J connectivity index is 0. The third kappa shape index (κ3) is 24.9. The van der Waals surface area contributed by atoms with Crippen LogP contribution in [0, 0.1) is 0 Å². The summed E-state index contributed by atoms with van der Waals surface area (Å²) < 4.78 is 0. The molecule has 0 aliphatic rings. The molecule has 0 bridgehead atoms. The number of rotatable bonds is 4. The quantitative estimate of drug-likeness (QED) is 0.565. The Labute approximate surface area is 79.7 Å². The van der Waals surface area contributed by atoms with Crippen molar-refractivity contribution in [1.29, 1.82) is 0 Å². The summed E-state index contributed by atoms with van der Waals surface area (Å²) in [5.74, 6) is 0. The molecule has 0 aromatic carbocycles. The summed E-state index contributed by atoms with van der Waals surface area (Å²) in [4.78, 5) is 9.00. The van der Waals surface area contributed by atoms with E-state index in [9.17, 15) is 0 Å². The van der Waals surface area contributed by atoms with E-state index in [1.165, 1.54) is 0 Å². The van der Waals surface area contributed by atoms with Gasteiger partial charge in [-0.25, -0.2) is 4.79 Å². The van der Waals surface area contributed by atoms with Crippen LogP contribution in [0.3, 0.4) is 0 Å². The summed E-state index contributed by atoms with van der Waals surface area (Å²) in [6.45, 7) is 12.4. The molecule has 1 unspecified atom stereocenters. The fraction of sp³-hybridized carbons (Fsp3) is 0.444. The van der Waals surface area contributed by atoms with E-state index in [2.05, 4.69) is 36.9 Å². The van der Waals surface area contributed by atoms with Crippen LogP contribution in [-0.4, -0.2) is 18.6 Å². The van der Waals surface area contributed by atoms with Gasteiger partial charge in [0.1, 0.15) is 0 Å². The standard InChI is InChI=1S/C8H15N.CH4N2O/c1-5-8(4)9-6-7(2)3;2-1(3)4/h5,8-9H,1-2,6H2,3-4H3;(H4,2,3,4). The van der Waals surface area contributed by atoms with Gasteiger partial charge in [0.2, 0.25) is 0 Å². The molecule has 1 atom stereocenters. The molecule has 0 saturated carbocycles. The molecule has 0 spiro atoms. The molecule has 0 aromatic heterocycles. The summed E-state index contributed by atoms with van der Waals surface area (Å²) >= 11 is 0. The first-order valence-electron chi connectivity index (χ1n) is 3.95. The van der Waals surface area contributed by atoms with Crippen molar-refractivity contribution < 1.29 is 4.79 Å². The highest BCUT2D eigenvalue weighted by Crippen LogP contribution is 1.85. The van der Waals surface area contributed by atoms with Crippen LogP contribution >= 0.6 is 0 Å². The largest absolute Gasteiger partial charge is 0.352 e.